The Hall–Kier alpha value is -0.910. The molecule has 1 nitrogen and oxygen atoms in total. The minimum atomic E-state index is -4.52. The van der Waals surface area contributed by atoms with Gasteiger partial charge in [0.05, 0.1) is 4.90 Å². The molecular weight excluding hydrogens is 208 g/mol. The summed E-state index contributed by atoms with van der Waals surface area (Å²) in [5.74, 6) is -1.40. The van der Waals surface area contributed by atoms with Gasteiger partial charge in [-0.3, -0.25) is 0 Å². The van der Waals surface area contributed by atoms with Gasteiger partial charge < -0.3 is 5.11 Å². The first kappa shape index (κ1) is 10.2. The Kier molecular flexibility index (Phi) is 2.70. The molecule has 0 bridgehead atoms. The summed E-state index contributed by atoms with van der Waals surface area (Å²) in [6.07, 6.45) is 0. The third-order valence-electron chi connectivity index (χ3n) is 1.15. The van der Waals surface area contributed by atoms with Crippen molar-refractivity contribution in [3.63, 3.8) is 0 Å². The molecule has 0 aliphatic carbocycles. The zero-order chi connectivity index (χ0) is 10.1. The number of halogens is 4. The van der Waals surface area contributed by atoms with E-state index in [1.54, 1.807) is 0 Å². The van der Waals surface area contributed by atoms with Crippen LogP contribution in [0.4, 0.5) is 17.6 Å². The van der Waals surface area contributed by atoms with Gasteiger partial charge in [0.15, 0.2) is 0 Å². The SMILES string of the molecule is Oc1ccc(F)cc1SC(F)(F)F. The molecule has 1 aromatic carbocycles. The van der Waals surface area contributed by atoms with Crippen LogP contribution in [0.25, 0.3) is 0 Å². The van der Waals surface area contributed by atoms with Gasteiger partial charge in [0.2, 0.25) is 0 Å². The molecule has 0 aromatic heterocycles. The highest BCUT2D eigenvalue weighted by molar-refractivity contribution is 8.00. The summed E-state index contributed by atoms with van der Waals surface area (Å²) in [4.78, 5) is -0.535. The van der Waals surface area contributed by atoms with E-state index in [-0.39, 0.29) is 0 Å². The van der Waals surface area contributed by atoms with Crippen LogP contribution in [0.3, 0.4) is 0 Å². The number of thioether (sulfide) groups is 1. The maximum absolute atomic E-state index is 12.4. The van der Waals surface area contributed by atoms with Crippen molar-refractivity contribution in [1.82, 2.24) is 0 Å². The molecule has 1 rings (SSSR count). The molecule has 0 fully saturated rings. The number of phenolic OH excluding ortho intramolecular Hbond substituents is 1. The molecule has 0 saturated carbocycles. The number of benzene rings is 1. The molecule has 0 aliphatic rings. The summed E-state index contributed by atoms with van der Waals surface area (Å²) in [6.45, 7) is 0. The third kappa shape index (κ3) is 3.14. The summed E-state index contributed by atoms with van der Waals surface area (Å²) in [7, 11) is 0. The van der Waals surface area contributed by atoms with Gasteiger partial charge in [0.1, 0.15) is 11.6 Å². The van der Waals surface area contributed by atoms with Crippen LogP contribution in [-0.2, 0) is 0 Å². The number of phenols is 1. The van der Waals surface area contributed by atoms with Crippen LogP contribution >= 0.6 is 11.8 Å². The van der Waals surface area contributed by atoms with Crippen LogP contribution in [0.1, 0.15) is 0 Å². The smallest absolute Gasteiger partial charge is 0.446 e. The molecule has 0 radical (unpaired) electrons. The number of aromatic hydroxyl groups is 1. The highest BCUT2D eigenvalue weighted by Crippen LogP contribution is 2.40. The zero-order valence-corrected chi connectivity index (χ0v) is 6.92. The largest absolute Gasteiger partial charge is 0.507 e. The second-order valence-corrected chi connectivity index (χ2v) is 3.27. The molecule has 1 N–H and O–H groups in total. The maximum atomic E-state index is 12.4. The van der Waals surface area contributed by atoms with Crippen molar-refractivity contribution in [2.75, 3.05) is 0 Å². The lowest BCUT2D eigenvalue weighted by Crippen LogP contribution is -1.99. The van der Waals surface area contributed by atoms with E-state index in [1.807, 2.05) is 0 Å². The van der Waals surface area contributed by atoms with E-state index in [0.29, 0.717) is 6.07 Å². The second-order valence-electron chi connectivity index (χ2n) is 2.16. The highest BCUT2D eigenvalue weighted by Gasteiger charge is 2.30. The van der Waals surface area contributed by atoms with E-state index in [2.05, 4.69) is 0 Å². The Balaban J connectivity index is 2.94. The Bertz CT molecular complexity index is 310. The first-order valence-electron chi connectivity index (χ1n) is 3.13. The van der Waals surface area contributed by atoms with Crippen LogP contribution in [0, 0.1) is 5.82 Å². The first-order chi connectivity index (χ1) is 5.88. The summed E-state index contributed by atoms with van der Waals surface area (Å²) in [6, 6.07) is 2.40. The van der Waals surface area contributed by atoms with E-state index in [0.717, 1.165) is 12.1 Å². The fourth-order valence-corrected chi connectivity index (χ4v) is 1.29. The minimum Gasteiger partial charge on any atom is -0.507 e. The monoisotopic (exact) mass is 212 g/mol. The van der Waals surface area contributed by atoms with Crippen molar-refractivity contribution >= 4 is 11.8 Å². The molecule has 0 amide bonds. The molecule has 0 spiro atoms. The topological polar surface area (TPSA) is 20.2 Å². The molecular formula is C7H4F4OS. The van der Waals surface area contributed by atoms with Crippen molar-refractivity contribution in [2.24, 2.45) is 0 Å². The second kappa shape index (κ2) is 3.45. The lowest BCUT2D eigenvalue weighted by atomic mass is 10.3. The summed E-state index contributed by atoms with van der Waals surface area (Å²) >= 11 is -0.548. The Morgan fingerprint density at radius 1 is 1.23 bits per heavy atom. The van der Waals surface area contributed by atoms with Crippen molar-refractivity contribution in [1.29, 1.82) is 0 Å². The van der Waals surface area contributed by atoms with Crippen molar-refractivity contribution in [3.05, 3.63) is 24.0 Å². The van der Waals surface area contributed by atoms with Gasteiger partial charge >= 0.3 is 5.51 Å². The van der Waals surface area contributed by atoms with Crippen LogP contribution in [0.15, 0.2) is 23.1 Å². The van der Waals surface area contributed by atoms with Gasteiger partial charge in [-0.2, -0.15) is 13.2 Å². The molecule has 0 atom stereocenters. The molecule has 0 saturated heterocycles. The molecule has 0 heterocycles. The van der Waals surface area contributed by atoms with E-state index >= 15 is 0 Å². The van der Waals surface area contributed by atoms with E-state index < -0.39 is 33.7 Å². The summed E-state index contributed by atoms with van der Waals surface area (Å²) < 4.78 is 47.8. The van der Waals surface area contributed by atoms with E-state index in [1.165, 1.54) is 0 Å². The van der Waals surface area contributed by atoms with Gasteiger partial charge in [0, 0.05) is 0 Å². The quantitative estimate of drug-likeness (QED) is 0.570. The van der Waals surface area contributed by atoms with Crippen LogP contribution in [-0.4, -0.2) is 10.6 Å². The fourth-order valence-electron chi connectivity index (χ4n) is 0.694. The Labute approximate surface area is 75.4 Å². The zero-order valence-electron chi connectivity index (χ0n) is 6.10. The van der Waals surface area contributed by atoms with Gasteiger partial charge in [0.25, 0.3) is 0 Å². The van der Waals surface area contributed by atoms with Crippen LogP contribution in [0.5, 0.6) is 5.75 Å². The van der Waals surface area contributed by atoms with Crippen LogP contribution in [0.2, 0.25) is 0 Å². The van der Waals surface area contributed by atoms with Crippen LogP contribution < -0.4 is 0 Å². The summed E-state index contributed by atoms with van der Waals surface area (Å²) in [5.41, 5.74) is -4.52. The normalized spacial score (nSPS) is 11.7. The average Bonchev–Trinajstić information content (AvgIpc) is 1.94. The van der Waals surface area contributed by atoms with Gasteiger partial charge in [-0.05, 0) is 30.0 Å². The molecule has 72 valence electrons. The number of alkyl halides is 3. The Morgan fingerprint density at radius 2 is 1.85 bits per heavy atom. The number of hydrogen-bond donors (Lipinski definition) is 1. The van der Waals surface area contributed by atoms with E-state index in [4.69, 9.17) is 5.11 Å². The third-order valence-corrected chi connectivity index (χ3v) is 1.93. The molecule has 6 heteroatoms. The van der Waals surface area contributed by atoms with Crippen molar-refractivity contribution in [2.45, 2.75) is 10.4 Å². The lowest BCUT2D eigenvalue weighted by Gasteiger charge is -2.06. The van der Waals surface area contributed by atoms with Gasteiger partial charge in [-0.1, -0.05) is 0 Å². The van der Waals surface area contributed by atoms with Crippen molar-refractivity contribution in [3.8, 4) is 5.75 Å². The standard InChI is InChI=1S/C7H4F4OS/c8-4-1-2-5(12)6(3-4)13-7(9,10)11/h1-3,12H. The summed E-state index contributed by atoms with van der Waals surface area (Å²) in [5, 5.41) is 8.91. The van der Waals surface area contributed by atoms with Gasteiger partial charge in [-0.15, -0.1) is 0 Å². The van der Waals surface area contributed by atoms with Gasteiger partial charge in [-0.25, -0.2) is 4.39 Å². The molecule has 0 unspecified atom stereocenters. The molecule has 0 aliphatic heterocycles. The predicted molar refractivity (Wildman–Crippen MR) is 40.0 cm³/mol. The Morgan fingerprint density at radius 3 is 2.38 bits per heavy atom. The lowest BCUT2D eigenvalue weighted by molar-refractivity contribution is -0.0329. The maximum Gasteiger partial charge on any atom is 0.446 e. The predicted octanol–water partition coefficient (Wildman–Crippen LogP) is 3.14. The first-order valence-corrected chi connectivity index (χ1v) is 3.94. The van der Waals surface area contributed by atoms with E-state index in [9.17, 15) is 17.6 Å². The van der Waals surface area contributed by atoms with Crippen molar-refractivity contribution < 1.29 is 22.7 Å². The molecule has 13 heavy (non-hydrogen) atoms. The number of hydrogen-bond acceptors (Lipinski definition) is 2. The number of rotatable bonds is 1. The molecule has 1 aromatic rings. The average molecular weight is 212 g/mol. The minimum absolute atomic E-state index is 0.535. The highest BCUT2D eigenvalue weighted by atomic mass is 32.2. The fraction of sp³-hybridized carbons (Fsp3) is 0.143.